The first kappa shape index (κ1) is 12.5. The normalized spacial score (nSPS) is 12.1. The van der Waals surface area contributed by atoms with Gasteiger partial charge < -0.3 is 16.2 Å². The fourth-order valence-electron chi connectivity index (χ4n) is 1.90. The van der Waals surface area contributed by atoms with Crippen molar-refractivity contribution in [3.63, 3.8) is 0 Å². The van der Waals surface area contributed by atoms with Crippen LogP contribution in [0, 0.1) is 0 Å². The number of nitrogens with one attached hydrogen (secondary N) is 1. The van der Waals surface area contributed by atoms with E-state index >= 15 is 0 Å². The largest absolute Gasteiger partial charge is 0.397 e. The van der Waals surface area contributed by atoms with Gasteiger partial charge in [-0.3, -0.25) is 0 Å². The van der Waals surface area contributed by atoms with Crippen molar-refractivity contribution < 1.29 is 5.11 Å². The van der Waals surface area contributed by atoms with Crippen molar-refractivity contribution >= 4 is 11.4 Å². The zero-order chi connectivity index (χ0) is 12.8. The Bertz CT molecular complexity index is 485. The summed E-state index contributed by atoms with van der Waals surface area (Å²) >= 11 is 0. The van der Waals surface area contributed by atoms with Crippen molar-refractivity contribution in [1.82, 2.24) is 0 Å². The molecule has 0 aliphatic heterocycles. The minimum Gasteiger partial charge on any atom is -0.397 e. The number of nitrogen functional groups attached to an aromatic ring is 1. The molecule has 0 amide bonds. The van der Waals surface area contributed by atoms with E-state index in [0.29, 0.717) is 6.54 Å². The van der Waals surface area contributed by atoms with Gasteiger partial charge >= 0.3 is 0 Å². The molecule has 0 radical (unpaired) electrons. The summed E-state index contributed by atoms with van der Waals surface area (Å²) in [5.74, 6) is 0.0748. The standard InChI is InChI=1S/C15H18N2O/c16-14-8-4-5-9-15(14)17-10-13(11-18)12-6-2-1-3-7-12/h1-9,13,17-18H,10-11,16H2/t13-/m0/s1. The molecular weight excluding hydrogens is 224 g/mol. The van der Waals surface area contributed by atoms with E-state index in [1.54, 1.807) is 0 Å². The third-order valence-corrected chi connectivity index (χ3v) is 2.99. The third kappa shape index (κ3) is 3.02. The maximum atomic E-state index is 9.46. The number of para-hydroxylation sites is 2. The van der Waals surface area contributed by atoms with Crippen LogP contribution in [0.25, 0.3) is 0 Å². The summed E-state index contributed by atoms with van der Waals surface area (Å²) in [6.45, 7) is 0.776. The van der Waals surface area contributed by atoms with E-state index in [2.05, 4.69) is 5.32 Å². The van der Waals surface area contributed by atoms with Gasteiger partial charge in [-0.1, -0.05) is 42.5 Å². The Morgan fingerprint density at radius 1 is 1.00 bits per heavy atom. The molecule has 3 nitrogen and oxygen atoms in total. The molecule has 18 heavy (non-hydrogen) atoms. The molecule has 0 spiro atoms. The Hall–Kier alpha value is -2.00. The first-order valence-electron chi connectivity index (χ1n) is 6.05. The lowest BCUT2D eigenvalue weighted by Gasteiger charge is -2.17. The summed E-state index contributed by atoms with van der Waals surface area (Å²) in [6, 6.07) is 17.6. The lowest BCUT2D eigenvalue weighted by Crippen LogP contribution is -2.16. The molecule has 2 aromatic carbocycles. The van der Waals surface area contributed by atoms with Gasteiger partial charge in [-0.05, 0) is 17.7 Å². The zero-order valence-electron chi connectivity index (χ0n) is 10.2. The lowest BCUT2D eigenvalue weighted by atomic mass is 10.00. The van der Waals surface area contributed by atoms with E-state index in [9.17, 15) is 5.11 Å². The van der Waals surface area contributed by atoms with Crippen molar-refractivity contribution in [1.29, 1.82) is 0 Å². The van der Waals surface area contributed by atoms with Crippen LogP contribution in [0.4, 0.5) is 11.4 Å². The van der Waals surface area contributed by atoms with Crippen molar-refractivity contribution in [3.8, 4) is 0 Å². The van der Waals surface area contributed by atoms with Crippen LogP contribution in [-0.2, 0) is 0 Å². The highest BCUT2D eigenvalue weighted by molar-refractivity contribution is 5.65. The summed E-state index contributed by atoms with van der Waals surface area (Å²) in [7, 11) is 0. The van der Waals surface area contributed by atoms with Crippen molar-refractivity contribution in [2.75, 3.05) is 24.2 Å². The van der Waals surface area contributed by atoms with E-state index in [1.165, 1.54) is 0 Å². The van der Waals surface area contributed by atoms with Crippen LogP contribution in [0.3, 0.4) is 0 Å². The first-order valence-corrected chi connectivity index (χ1v) is 6.05. The molecule has 0 saturated heterocycles. The molecule has 0 heterocycles. The summed E-state index contributed by atoms with van der Waals surface area (Å²) in [5.41, 5.74) is 8.62. The smallest absolute Gasteiger partial charge is 0.0574 e. The number of hydrogen-bond donors (Lipinski definition) is 3. The molecule has 0 aliphatic carbocycles. The maximum absolute atomic E-state index is 9.46. The second-order valence-corrected chi connectivity index (χ2v) is 4.26. The van der Waals surface area contributed by atoms with E-state index in [0.717, 1.165) is 16.9 Å². The monoisotopic (exact) mass is 242 g/mol. The number of rotatable bonds is 5. The molecule has 4 N–H and O–H groups in total. The SMILES string of the molecule is Nc1ccccc1NC[C@@H](CO)c1ccccc1. The summed E-state index contributed by atoms with van der Waals surface area (Å²) < 4.78 is 0. The quantitative estimate of drug-likeness (QED) is 0.706. The summed E-state index contributed by atoms with van der Waals surface area (Å²) in [6.07, 6.45) is 0. The van der Waals surface area contributed by atoms with Crippen LogP contribution in [0.2, 0.25) is 0 Å². The van der Waals surface area contributed by atoms with Crippen molar-refractivity contribution in [3.05, 3.63) is 60.2 Å². The molecule has 1 atom stereocenters. The molecule has 3 heteroatoms. The molecule has 0 fully saturated rings. The van der Waals surface area contributed by atoms with Crippen molar-refractivity contribution in [2.45, 2.75) is 5.92 Å². The highest BCUT2D eigenvalue weighted by atomic mass is 16.3. The van der Waals surface area contributed by atoms with Gasteiger partial charge in [0.15, 0.2) is 0 Å². The predicted molar refractivity (Wildman–Crippen MR) is 75.6 cm³/mol. The second kappa shape index (κ2) is 6.07. The minimum absolute atomic E-state index is 0.0748. The average molecular weight is 242 g/mol. The molecule has 94 valence electrons. The fourth-order valence-corrected chi connectivity index (χ4v) is 1.90. The molecule has 0 bridgehead atoms. The highest BCUT2D eigenvalue weighted by Gasteiger charge is 2.10. The number of aliphatic hydroxyl groups is 1. The van der Waals surface area contributed by atoms with Gasteiger partial charge in [0.25, 0.3) is 0 Å². The Labute approximate surface area is 107 Å². The van der Waals surface area contributed by atoms with E-state index in [-0.39, 0.29) is 12.5 Å². The van der Waals surface area contributed by atoms with Gasteiger partial charge in [-0.15, -0.1) is 0 Å². The van der Waals surface area contributed by atoms with Crippen LogP contribution < -0.4 is 11.1 Å². The fraction of sp³-hybridized carbons (Fsp3) is 0.200. The lowest BCUT2D eigenvalue weighted by molar-refractivity contribution is 0.270. The van der Waals surface area contributed by atoms with Crippen LogP contribution in [0.15, 0.2) is 54.6 Å². The molecule has 0 aromatic heterocycles. The van der Waals surface area contributed by atoms with E-state index in [4.69, 9.17) is 5.73 Å². The van der Waals surface area contributed by atoms with E-state index < -0.39 is 0 Å². The Morgan fingerprint density at radius 2 is 1.67 bits per heavy atom. The number of anilines is 2. The van der Waals surface area contributed by atoms with Crippen LogP contribution in [0.5, 0.6) is 0 Å². The summed E-state index contributed by atoms with van der Waals surface area (Å²) in [4.78, 5) is 0. The van der Waals surface area contributed by atoms with Gasteiger partial charge in [0.1, 0.15) is 0 Å². The second-order valence-electron chi connectivity index (χ2n) is 4.26. The van der Waals surface area contributed by atoms with Crippen LogP contribution >= 0.6 is 0 Å². The molecule has 0 saturated carbocycles. The topological polar surface area (TPSA) is 58.3 Å². The van der Waals surface area contributed by atoms with Crippen molar-refractivity contribution in [2.24, 2.45) is 0 Å². The van der Waals surface area contributed by atoms with Crippen LogP contribution in [-0.4, -0.2) is 18.3 Å². The molecule has 0 unspecified atom stereocenters. The predicted octanol–water partition coefficient (Wildman–Crippen LogP) is 2.46. The van der Waals surface area contributed by atoms with Crippen LogP contribution in [0.1, 0.15) is 11.5 Å². The van der Waals surface area contributed by atoms with E-state index in [1.807, 2.05) is 54.6 Å². The summed E-state index contributed by atoms with van der Waals surface area (Å²) in [5, 5.41) is 12.7. The average Bonchev–Trinajstić information content (AvgIpc) is 2.42. The first-order chi connectivity index (χ1) is 8.81. The number of nitrogens with two attached hydrogens (primary N) is 1. The van der Waals surface area contributed by atoms with Gasteiger partial charge in [-0.2, -0.15) is 0 Å². The Kier molecular flexibility index (Phi) is 4.20. The number of benzene rings is 2. The van der Waals surface area contributed by atoms with Gasteiger partial charge in [0.05, 0.1) is 18.0 Å². The molecule has 2 aromatic rings. The van der Waals surface area contributed by atoms with Gasteiger partial charge in [0.2, 0.25) is 0 Å². The Morgan fingerprint density at radius 3 is 2.33 bits per heavy atom. The molecular formula is C15H18N2O. The minimum atomic E-state index is 0.0748. The van der Waals surface area contributed by atoms with Gasteiger partial charge in [0, 0.05) is 12.5 Å². The van der Waals surface area contributed by atoms with Gasteiger partial charge in [-0.25, -0.2) is 0 Å². The highest BCUT2D eigenvalue weighted by Crippen LogP contribution is 2.20. The number of aliphatic hydroxyl groups excluding tert-OH is 1. The number of hydrogen-bond acceptors (Lipinski definition) is 3. The Balaban J connectivity index is 2.02. The third-order valence-electron chi connectivity index (χ3n) is 2.99. The maximum Gasteiger partial charge on any atom is 0.0574 e. The molecule has 2 rings (SSSR count). The zero-order valence-corrected chi connectivity index (χ0v) is 10.2. The molecule has 0 aliphatic rings.